The fourth-order valence-corrected chi connectivity index (χ4v) is 1.82. The van der Waals surface area contributed by atoms with E-state index < -0.39 is 0 Å². The number of nitrogens with zero attached hydrogens (tertiary/aromatic N) is 4. The maximum absolute atomic E-state index is 11.5. The van der Waals surface area contributed by atoms with E-state index in [-0.39, 0.29) is 5.91 Å². The molecule has 0 aliphatic carbocycles. The monoisotopic (exact) mass is 274 g/mol. The van der Waals surface area contributed by atoms with Crippen molar-refractivity contribution in [1.29, 1.82) is 0 Å². The molecule has 0 fully saturated rings. The van der Waals surface area contributed by atoms with Crippen LogP contribution in [0.5, 0.6) is 0 Å². The van der Waals surface area contributed by atoms with Crippen molar-refractivity contribution in [2.24, 2.45) is 0 Å². The van der Waals surface area contributed by atoms with Crippen molar-refractivity contribution in [3.05, 3.63) is 29.3 Å². The highest BCUT2D eigenvalue weighted by Gasteiger charge is 2.13. The topological polar surface area (TPSA) is 98.7 Å². The van der Waals surface area contributed by atoms with E-state index in [2.05, 4.69) is 27.3 Å². The van der Waals surface area contributed by atoms with Gasteiger partial charge in [0.05, 0.1) is 0 Å². The van der Waals surface area contributed by atoms with E-state index in [9.17, 15) is 4.79 Å². The Morgan fingerprint density at radius 3 is 2.85 bits per heavy atom. The third-order valence-electron chi connectivity index (χ3n) is 2.94. The Balaban J connectivity index is 2.46. The number of anilines is 1. The standard InChI is InChI=1S/C13H18N6O/c1-4-5-10-16-11(14)8(2)12(17-10)19-7-6-9(18-19)13(20)15-3/h6-7H,4-5H2,1-3H3,(H,15,20)(H2,14,16,17). The van der Waals surface area contributed by atoms with E-state index in [1.165, 1.54) is 0 Å². The van der Waals surface area contributed by atoms with Crippen molar-refractivity contribution in [3.8, 4) is 5.82 Å². The molecular formula is C13H18N6O. The SMILES string of the molecule is CCCc1nc(N)c(C)c(-n2ccc(C(=O)NC)n2)n1. The normalized spacial score (nSPS) is 10.6. The van der Waals surface area contributed by atoms with Crippen LogP contribution in [0.3, 0.4) is 0 Å². The van der Waals surface area contributed by atoms with E-state index in [4.69, 9.17) is 5.73 Å². The molecule has 0 bridgehead atoms. The Morgan fingerprint density at radius 1 is 1.45 bits per heavy atom. The molecule has 0 spiro atoms. The molecule has 7 nitrogen and oxygen atoms in total. The minimum Gasteiger partial charge on any atom is -0.383 e. The lowest BCUT2D eigenvalue weighted by Gasteiger charge is -2.09. The predicted octanol–water partition coefficient (Wildman–Crippen LogP) is 0.865. The zero-order valence-corrected chi connectivity index (χ0v) is 11.8. The highest BCUT2D eigenvalue weighted by Crippen LogP contribution is 2.17. The van der Waals surface area contributed by atoms with Crippen LogP contribution in [0.2, 0.25) is 0 Å². The van der Waals surface area contributed by atoms with E-state index in [0.29, 0.717) is 23.2 Å². The van der Waals surface area contributed by atoms with Crippen molar-refractivity contribution in [2.75, 3.05) is 12.8 Å². The second kappa shape index (κ2) is 5.68. The molecule has 0 saturated carbocycles. The molecule has 106 valence electrons. The number of nitrogen functional groups attached to an aromatic ring is 1. The summed E-state index contributed by atoms with van der Waals surface area (Å²) in [7, 11) is 1.56. The summed E-state index contributed by atoms with van der Waals surface area (Å²) in [5.41, 5.74) is 6.99. The summed E-state index contributed by atoms with van der Waals surface area (Å²) in [6.07, 6.45) is 3.38. The number of rotatable bonds is 4. The molecule has 0 radical (unpaired) electrons. The number of aromatic nitrogens is 4. The minimum absolute atomic E-state index is 0.239. The Bertz CT molecular complexity index is 634. The zero-order chi connectivity index (χ0) is 14.7. The van der Waals surface area contributed by atoms with Gasteiger partial charge in [-0.15, -0.1) is 0 Å². The molecule has 0 atom stereocenters. The van der Waals surface area contributed by atoms with Crippen molar-refractivity contribution >= 4 is 11.7 Å². The second-order valence-electron chi connectivity index (χ2n) is 4.45. The molecule has 20 heavy (non-hydrogen) atoms. The van der Waals surface area contributed by atoms with Gasteiger partial charge in [0.1, 0.15) is 11.6 Å². The second-order valence-corrected chi connectivity index (χ2v) is 4.45. The quantitative estimate of drug-likeness (QED) is 0.861. The van der Waals surface area contributed by atoms with Crippen LogP contribution in [0, 0.1) is 6.92 Å². The van der Waals surface area contributed by atoms with E-state index in [0.717, 1.165) is 18.4 Å². The van der Waals surface area contributed by atoms with Gasteiger partial charge in [-0.3, -0.25) is 4.79 Å². The fraction of sp³-hybridized carbons (Fsp3) is 0.385. The number of nitrogens with two attached hydrogens (primary N) is 1. The summed E-state index contributed by atoms with van der Waals surface area (Å²) in [5, 5.41) is 6.74. The summed E-state index contributed by atoms with van der Waals surface area (Å²) >= 11 is 0. The van der Waals surface area contributed by atoms with Gasteiger partial charge >= 0.3 is 0 Å². The van der Waals surface area contributed by atoms with Crippen LogP contribution in [0.4, 0.5) is 5.82 Å². The number of amides is 1. The molecule has 0 aliphatic heterocycles. The van der Waals surface area contributed by atoms with Gasteiger partial charge in [-0.05, 0) is 19.4 Å². The number of carbonyl (C=O) groups excluding carboxylic acids is 1. The maximum Gasteiger partial charge on any atom is 0.271 e. The molecule has 7 heteroatoms. The Morgan fingerprint density at radius 2 is 2.20 bits per heavy atom. The number of nitrogens with one attached hydrogen (secondary N) is 1. The van der Waals surface area contributed by atoms with Crippen LogP contribution in [-0.4, -0.2) is 32.7 Å². The van der Waals surface area contributed by atoms with E-state index in [1.807, 2.05) is 6.92 Å². The molecule has 0 unspecified atom stereocenters. The first-order valence-corrected chi connectivity index (χ1v) is 6.48. The Hall–Kier alpha value is -2.44. The summed E-state index contributed by atoms with van der Waals surface area (Å²) in [6, 6.07) is 1.63. The molecule has 3 N–H and O–H groups in total. The van der Waals surface area contributed by atoms with Crippen molar-refractivity contribution in [2.45, 2.75) is 26.7 Å². The fourth-order valence-electron chi connectivity index (χ4n) is 1.82. The highest BCUT2D eigenvalue weighted by molar-refractivity contribution is 5.91. The van der Waals surface area contributed by atoms with Crippen LogP contribution in [0.15, 0.2) is 12.3 Å². The predicted molar refractivity (Wildman–Crippen MR) is 75.7 cm³/mol. The minimum atomic E-state index is -0.239. The van der Waals surface area contributed by atoms with Crippen LogP contribution in [-0.2, 0) is 6.42 Å². The van der Waals surface area contributed by atoms with Gasteiger partial charge in [-0.1, -0.05) is 6.92 Å². The first-order chi connectivity index (χ1) is 9.56. The van der Waals surface area contributed by atoms with Gasteiger partial charge < -0.3 is 11.1 Å². The summed E-state index contributed by atoms with van der Waals surface area (Å²) < 4.78 is 1.55. The van der Waals surface area contributed by atoms with Crippen molar-refractivity contribution in [1.82, 2.24) is 25.1 Å². The first kappa shape index (κ1) is 14.0. The van der Waals surface area contributed by atoms with Gasteiger partial charge in [-0.2, -0.15) is 5.10 Å². The van der Waals surface area contributed by atoms with Crippen LogP contribution < -0.4 is 11.1 Å². The number of hydrogen-bond donors (Lipinski definition) is 2. The van der Waals surface area contributed by atoms with Crippen LogP contribution >= 0.6 is 0 Å². The molecular weight excluding hydrogens is 256 g/mol. The lowest BCUT2D eigenvalue weighted by Crippen LogP contribution is -2.19. The van der Waals surface area contributed by atoms with Gasteiger partial charge in [0, 0.05) is 25.2 Å². The molecule has 2 aromatic heterocycles. The number of aryl methyl sites for hydroxylation is 1. The summed E-state index contributed by atoms with van der Waals surface area (Å²) in [4.78, 5) is 20.3. The average Bonchev–Trinajstić information content (AvgIpc) is 2.91. The Kier molecular flexibility index (Phi) is 3.97. The van der Waals surface area contributed by atoms with E-state index >= 15 is 0 Å². The maximum atomic E-state index is 11.5. The largest absolute Gasteiger partial charge is 0.383 e. The highest BCUT2D eigenvalue weighted by atomic mass is 16.1. The molecule has 1 amide bonds. The third-order valence-corrected chi connectivity index (χ3v) is 2.94. The number of hydrogen-bond acceptors (Lipinski definition) is 5. The average molecular weight is 274 g/mol. The van der Waals surface area contributed by atoms with Gasteiger partial charge in [0.15, 0.2) is 11.5 Å². The van der Waals surface area contributed by atoms with Gasteiger partial charge in [-0.25, -0.2) is 14.6 Å². The van der Waals surface area contributed by atoms with E-state index in [1.54, 1.807) is 24.0 Å². The van der Waals surface area contributed by atoms with Crippen LogP contribution in [0.25, 0.3) is 5.82 Å². The van der Waals surface area contributed by atoms with Crippen molar-refractivity contribution in [3.63, 3.8) is 0 Å². The lowest BCUT2D eigenvalue weighted by molar-refractivity contribution is 0.0957. The lowest BCUT2D eigenvalue weighted by atomic mass is 10.2. The first-order valence-electron chi connectivity index (χ1n) is 6.48. The molecule has 2 heterocycles. The smallest absolute Gasteiger partial charge is 0.271 e. The molecule has 2 aromatic rings. The summed E-state index contributed by atoms with van der Waals surface area (Å²) in [6.45, 7) is 3.89. The number of carbonyl (C=O) groups is 1. The molecule has 0 saturated heterocycles. The molecule has 0 aliphatic rings. The molecule has 2 rings (SSSR count). The van der Waals surface area contributed by atoms with Crippen molar-refractivity contribution < 1.29 is 4.79 Å². The zero-order valence-electron chi connectivity index (χ0n) is 11.8. The van der Waals surface area contributed by atoms with Gasteiger partial charge in [0.2, 0.25) is 0 Å². The van der Waals surface area contributed by atoms with Crippen LogP contribution in [0.1, 0.15) is 35.2 Å². The Labute approximate surface area is 117 Å². The van der Waals surface area contributed by atoms with Gasteiger partial charge in [0.25, 0.3) is 5.91 Å². The third kappa shape index (κ3) is 2.61. The molecule has 0 aromatic carbocycles. The summed E-state index contributed by atoms with van der Waals surface area (Å²) in [5.74, 6) is 1.49.